The molecule has 0 aliphatic heterocycles. The number of carbonyl (C=O) groups excluding carboxylic acids is 1. The quantitative estimate of drug-likeness (QED) is 0.188. The third kappa shape index (κ3) is 6.75. The molecule has 1 amide bonds. The Bertz CT molecular complexity index is 1450. The van der Waals surface area contributed by atoms with Crippen LogP contribution in [-0.4, -0.2) is 26.4 Å². The highest BCUT2D eigenvalue weighted by Gasteiger charge is 2.18. The standard InChI is InChI=1S/C32H31N5OS/c1-24-13-11-12-20-28(24)33-23-29-35-36-32(37(29)27-18-9-4-10-19-27)39-22-21-30(38)34-31(25-14-5-2-6-15-25)26-16-7-3-8-17-26/h2-20,31,33H,21-23H2,1H3,(H,34,38). The van der Waals surface area contributed by atoms with Gasteiger partial charge in [-0.15, -0.1) is 10.2 Å². The van der Waals surface area contributed by atoms with Gasteiger partial charge in [0.1, 0.15) is 0 Å². The van der Waals surface area contributed by atoms with Crippen LogP contribution in [0.25, 0.3) is 5.69 Å². The Morgan fingerprint density at radius 3 is 2.03 bits per heavy atom. The summed E-state index contributed by atoms with van der Waals surface area (Å²) in [7, 11) is 0. The summed E-state index contributed by atoms with van der Waals surface area (Å²) in [5.41, 5.74) is 5.34. The highest BCUT2D eigenvalue weighted by molar-refractivity contribution is 7.99. The molecule has 5 rings (SSSR count). The molecule has 6 nitrogen and oxygen atoms in total. The van der Waals surface area contributed by atoms with Crippen molar-refractivity contribution < 1.29 is 4.79 Å². The molecule has 0 radical (unpaired) electrons. The second-order valence-corrected chi connectivity index (χ2v) is 10.2. The number of para-hydroxylation sites is 2. The van der Waals surface area contributed by atoms with E-state index < -0.39 is 0 Å². The Kier molecular flexibility index (Phi) is 8.71. The summed E-state index contributed by atoms with van der Waals surface area (Å²) >= 11 is 1.54. The van der Waals surface area contributed by atoms with Gasteiger partial charge in [0.05, 0.1) is 12.6 Å². The minimum atomic E-state index is -0.197. The largest absolute Gasteiger partial charge is 0.378 e. The molecule has 0 atom stereocenters. The number of nitrogens with one attached hydrogen (secondary N) is 2. The van der Waals surface area contributed by atoms with E-state index in [2.05, 4.69) is 44.5 Å². The molecule has 4 aromatic carbocycles. The van der Waals surface area contributed by atoms with E-state index in [9.17, 15) is 4.79 Å². The maximum absolute atomic E-state index is 13.1. The van der Waals surface area contributed by atoms with Crippen molar-refractivity contribution >= 4 is 23.4 Å². The van der Waals surface area contributed by atoms with Crippen molar-refractivity contribution in [3.8, 4) is 5.69 Å². The summed E-state index contributed by atoms with van der Waals surface area (Å²) in [6, 6.07) is 38.2. The molecule has 0 aliphatic rings. The zero-order chi connectivity index (χ0) is 26.9. The van der Waals surface area contributed by atoms with Crippen molar-refractivity contribution in [1.82, 2.24) is 20.1 Å². The first-order valence-corrected chi connectivity index (χ1v) is 14.0. The lowest BCUT2D eigenvalue weighted by Gasteiger charge is -2.20. The van der Waals surface area contributed by atoms with Gasteiger partial charge >= 0.3 is 0 Å². The van der Waals surface area contributed by atoms with Crippen molar-refractivity contribution in [3.63, 3.8) is 0 Å². The first kappa shape index (κ1) is 26.3. The molecule has 0 bridgehead atoms. The van der Waals surface area contributed by atoms with Crippen molar-refractivity contribution in [2.45, 2.75) is 31.1 Å². The van der Waals surface area contributed by atoms with Crippen LogP contribution in [-0.2, 0) is 11.3 Å². The number of aromatic nitrogens is 3. The Morgan fingerprint density at radius 1 is 0.795 bits per heavy atom. The van der Waals surface area contributed by atoms with Gasteiger partial charge in [-0.1, -0.05) is 109 Å². The van der Waals surface area contributed by atoms with E-state index in [1.54, 1.807) is 0 Å². The lowest BCUT2D eigenvalue weighted by atomic mass is 9.98. The summed E-state index contributed by atoms with van der Waals surface area (Å²) in [4.78, 5) is 13.1. The summed E-state index contributed by atoms with van der Waals surface area (Å²) in [5, 5.41) is 16.4. The van der Waals surface area contributed by atoms with Crippen molar-refractivity contribution in [3.05, 3.63) is 138 Å². The van der Waals surface area contributed by atoms with Gasteiger partial charge in [-0.05, 0) is 41.8 Å². The van der Waals surface area contributed by atoms with Gasteiger partial charge < -0.3 is 10.6 Å². The predicted molar refractivity (Wildman–Crippen MR) is 158 cm³/mol. The Morgan fingerprint density at radius 2 is 1.38 bits per heavy atom. The number of nitrogens with zero attached hydrogens (tertiary/aromatic N) is 3. The molecule has 196 valence electrons. The van der Waals surface area contributed by atoms with Gasteiger partial charge in [0.2, 0.25) is 5.91 Å². The molecule has 1 aromatic heterocycles. The first-order valence-electron chi connectivity index (χ1n) is 13.0. The van der Waals surface area contributed by atoms with Crippen LogP contribution in [0.4, 0.5) is 5.69 Å². The van der Waals surface area contributed by atoms with Gasteiger partial charge in [-0.25, -0.2) is 0 Å². The monoisotopic (exact) mass is 533 g/mol. The van der Waals surface area contributed by atoms with Gasteiger partial charge in [-0.3, -0.25) is 9.36 Å². The highest BCUT2D eigenvalue weighted by Crippen LogP contribution is 2.25. The third-order valence-electron chi connectivity index (χ3n) is 6.43. The molecule has 1 heterocycles. The van der Waals surface area contributed by atoms with E-state index in [1.165, 1.54) is 17.3 Å². The number of anilines is 1. The SMILES string of the molecule is Cc1ccccc1NCc1nnc(SCCC(=O)NC(c2ccccc2)c2ccccc2)n1-c1ccccc1. The number of rotatable bonds is 11. The fraction of sp³-hybridized carbons (Fsp3) is 0.156. The molecule has 0 saturated carbocycles. The van der Waals surface area contributed by atoms with Gasteiger partial charge in [-0.2, -0.15) is 0 Å². The summed E-state index contributed by atoms with van der Waals surface area (Å²) in [5.74, 6) is 1.38. The number of thioether (sulfide) groups is 1. The number of benzene rings is 4. The number of hydrogen-bond acceptors (Lipinski definition) is 5. The van der Waals surface area contributed by atoms with Gasteiger partial charge in [0.15, 0.2) is 11.0 Å². The Labute approximate surface area is 233 Å². The van der Waals surface area contributed by atoms with Gasteiger partial charge in [0.25, 0.3) is 0 Å². The topological polar surface area (TPSA) is 71.8 Å². The van der Waals surface area contributed by atoms with E-state index in [-0.39, 0.29) is 11.9 Å². The molecule has 0 unspecified atom stereocenters. The lowest BCUT2D eigenvalue weighted by molar-refractivity contribution is -0.121. The minimum absolute atomic E-state index is 0.00701. The molecule has 2 N–H and O–H groups in total. The van der Waals surface area contributed by atoms with Crippen LogP contribution in [0.1, 0.15) is 35.0 Å². The third-order valence-corrected chi connectivity index (χ3v) is 7.36. The van der Waals surface area contributed by atoms with Crippen molar-refractivity contribution in [2.24, 2.45) is 0 Å². The fourth-order valence-corrected chi connectivity index (χ4v) is 5.32. The summed E-state index contributed by atoms with van der Waals surface area (Å²) < 4.78 is 2.06. The second kappa shape index (κ2) is 12.9. The average Bonchev–Trinajstić information content (AvgIpc) is 3.39. The molecule has 0 saturated heterocycles. The van der Waals surface area contributed by atoms with E-state index in [0.717, 1.165) is 33.5 Å². The van der Waals surface area contributed by atoms with Crippen LogP contribution in [0, 0.1) is 6.92 Å². The van der Waals surface area contributed by atoms with Gasteiger partial charge in [0, 0.05) is 23.5 Å². The Balaban J connectivity index is 1.27. The van der Waals surface area contributed by atoms with Crippen molar-refractivity contribution in [1.29, 1.82) is 0 Å². The van der Waals surface area contributed by atoms with Crippen LogP contribution in [0.15, 0.2) is 120 Å². The Hall–Kier alpha value is -4.36. The zero-order valence-electron chi connectivity index (χ0n) is 21.8. The molecule has 5 aromatic rings. The maximum Gasteiger partial charge on any atom is 0.221 e. The average molecular weight is 534 g/mol. The molecular weight excluding hydrogens is 502 g/mol. The van der Waals surface area contributed by atoms with Crippen LogP contribution in [0.5, 0.6) is 0 Å². The number of aryl methyl sites for hydroxylation is 1. The predicted octanol–water partition coefficient (Wildman–Crippen LogP) is 6.58. The zero-order valence-corrected chi connectivity index (χ0v) is 22.6. The maximum atomic E-state index is 13.1. The molecular formula is C32H31N5OS. The molecule has 0 spiro atoms. The number of amides is 1. The summed E-state index contributed by atoms with van der Waals surface area (Å²) in [6.07, 6.45) is 0.360. The second-order valence-electron chi connectivity index (χ2n) is 9.16. The lowest BCUT2D eigenvalue weighted by Crippen LogP contribution is -2.29. The number of carbonyl (C=O) groups is 1. The van der Waals surface area contributed by atoms with Crippen LogP contribution < -0.4 is 10.6 Å². The van der Waals surface area contributed by atoms with E-state index in [1.807, 2.05) is 103 Å². The molecule has 7 heteroatoms. The first-order chi connectivity index (χ1) is 19.2. The van der Waals surface area contributed by atoms with E-state index >= 15 is 0 Å². The molecule has 0 aliphatic carbocycles. The van der Waals surface area contributed by atoms with Crippen LogP contribution in [0.3, 0.4) is 0 Å². The molecule has 39 heavy (non-hydrogen) atoms. The fourth-order valence-electron chi connectivity index (χ4n) is 4.41. The smallest absolute Gasteiger partial charge is 0.221 e. The van der Waals surface area contributed by atoms with Crippen LogP contribution in [0.2, 0.25) is 0 Å². The highest BCUT2D eigenvalue weighted by atomic mass is 32.2. The molecule has 0 fully saturated rings. The number of hydrogen-bond donors (Lipinski definition) is 2. The van der Waals surface area contributed by atoms with E-state index in [4.69, 9.17) is 0 Å². The summed E-state index contributed by atoms with van der Waals surface area (Å²) in [6.45, 7) is 2.61. The normalized spacial score (nSPS) is 10.9. The van der Waals surface area contributed by atoms with Crippen molar-refractivity contribution in [2.75, 3.05) is 11.1 Å². The van der Waals surface area contributed by atoms with E-state index in [0.29, 0.717) is 18.7 Å². The van der Waals surface area contributed by atoms with Crippen LogP contribution >= 0.6 is 11.8 Å². The minimum Gasteiger partial charge on any atom is -0.378 e.